The molecule has 13 aromatic rings. The van der Waals surface area contributed by atoms with Crippen LogP contribution < -0.4 is 0 Å². The maximum atomic E-state index is 6.95. The molecular formula is C83H60O. The van der Waals surface area contributed by atoms with E-state index in [1.165, 1.54) is 100 Å². The molecule has 1 heteroatoms. The van der Waals surface area contributed by atoms with Crippen molar-refractivity contribution in [3.8, 4) is 66.8 Å². The van der Waals surface area contributed by atoms with Gasteiger partial charge in [-0.05, 0) is 161 Å². The molecule has 3 aliphatic rings. The molecule has 84 heavy (non-hydrogen) atoms. The van der Waals surface area contributed by atoms with E-state index in [0.717, 1.165) is 69.9 Å². The van der Waals surface area contributed by atoms with Crippen LogP contribution >= 0.6 is 0 Å². The topological polar surface area (TPSA) is 13.1 Å². The number of fused-ring (bicyclic) bond motifs is 9. The van der Waals surface area contributed by atoms with Crippen molar-refractivity contribution in [1.82, 2.24) is 0 Å². The minimum absolute atomic E-state index is 0.134. The van der Waals surface area contributed by atoms with Gasteiger partial charge in [-0.15, -0.1) is 0 Å². The van der Waals surface area contributed by atoms with Gasteiger partial charge in [0.15, 0.2) is 0 Å². The number of furan rings is 1. The molecule has 0 N–H and O–H groups in total. The zero-order valence-electron chi connectivity index (χ0n) is 46.8. The Bertz CT molecular complexity index is 4630. The normalized spacial score (nSPS) is 15.0. The summed E-state index contributed by atoms with van der Waals surface area (Å²) in [6.45, 7) is 0. The van der Waals surface area contributed by atoms with E-state index in [9.17, 15) is 0 Å². The summed E-state index contributed by atoms with van der Waals surface area (Å²) in [7, 11) is 0. The molecule has 0 aliphatic heterocycles. The Morgan fingerprint density at radius 3 is 1.64 bits per heavy atom. The van der Waals surface area contributed by atoms with Crippen LogP contribution in [0, 0.1) is 0 Å². The fourth-order valence-corrected chi connectivity index (χ4v) is 14.5. The van der Waals surface area contributed by atoms with Crippen molar-refractivity contribution in [2.75, 3.05) is 0 Å². The molecule has 0 spiro atoms. The molecule has 0 saturated heterocycles. The summed E-state index contributed by atoms with van der Waals surface area (Å²) in [5, 5.41) is 2.24. The molecular weight excluding hydrogens is 1010 g/mol. The third-order valence-electron chi connectivity index (χ3n) is 18.7. The Hall–Kier alpha value is -10.1. The van der Waals surface area contributed by atoms with E-state index < -0.39 is 5.41 Å². The summed E-state index contributed by atoms with van der Waals surface area (Å²) >= 11 is 0. The lowest BCUT2D eigenvalue weighted by atomic mass is 9.67. The van der Waals surface area contributed by atoms with Crippen LogP contribution in [-0.2, 0) is 18.3 Å². The largest absolute Gasteiger partial charge is 0.455 e. The summed E-state index contributed by atoms with van der Waals surface area (Å²) < 4.78 is 6.95. The SMILES string of the molecule is C1=CC(C2Cc3ccc(-c4ccc(C(Cc5ccc(-c6ccccc6)cc5)c5ccc(-c6cccc7c6oc6cc(-c8ccc(C9(c%10ccccc%10)c%10ccccc%10-c%10ccccc%109)cc8)ccc67)cc5)cc4)cc3-c3ccccc32)=CCC1. The number of allylic oxidation sites excluding steroid dienone is 4. The molecule has 1 heterocycles. The lowest BCUT2D eigenvalue weighted by Gasteiger charge is -2.34. The molecule has 1 nitrogen and oxygen atoms in total. The first kappa shape index (κ1) is 49.7. The van der Waals surface area contributed by atoms with E-state index in [4.69, 9.17) is 4.42 Å². The molecule has 1 aromatic heterocycles. The molecule has 0 radical (unpaired) electrons. The molecule has 16 rings (SSSR count). The molecule has 2 unspecified atom stereocenters. The second-order valence-corrected chi connectivity index (χ2v) is 23.2. The van der Waals surface area contributed by atoms with Crippen molar-refractivity contribution >= 4 is 21.9 Å². The maximum absolute atomic E-state index is 6.95. The number of rotatable bonds is 11. The van der Waals surface area contributed by atoms with E-state index in [-0.39, 0.29) is 5.92 Å². The van der Waals surface area contributed by atoms with Crippen LogP contribution in [0.1, 0.15) is 74.7 Å². The van der Waals surface area contributed by atoms with Crippen LogP contribution in [-0.4, -0.2) is 0 Å². The lowest BCUT2D eigenvalue weighted by molar-refractivity contribution is 0.670. The molecule has 3 aliphatic carbocycles. The third-order valence-corrected chi connectivity index (χ3v) is 18.7. The van der Waals surface area contributed by atoms with Crippen LogP contribution in [0.2, 0.25) is 0 Å². The number of hydrogen-bond donors (Lipinski definition) is 0. The van der Waals surface area contributed by atoms with E-state index in [0.29, 0.717) is 5.92 Å². The second kappa shape index (κ2) is 20.7. The van der Waals surface area contributed by atoms with E-state index in [1.54, 1.807) is 0 Å². The van der Waals surface area contributed by atoms with E-state index >= 15 is 0 Å². The average Bonchev–Trinajstić information content (AvgIpc) is 1.74. The lowest BCUT2D eigenvalue weighted by Crippen LogP contribution is -2.28. The molecule has 2 atom stereocenters. The molecule has 0 bridgehead atoms. The quantitative estimate of drug-likeness (QED) is 0.126. The van der Waals surface area contributed by atoms with Crippen LogP contribution in [0.4, 0.5) is 0 Å². The van der Waals surface area contributed by atoms with Crippen molar-refractivity contribution in [2.45, 2.75) is 42.9 Å². The summed E-state index contributed by atoms with van der Waals surface area (Å²) in [6.07, 6.45) is 11.3. The van der Waals surface area contributed by atoms with Gasteiger partial charge in [0.05, 0.1) is 5.41 Å². The maximum Gasteiger partial charge on any atom is 0.143 e. The zero-order chi connectivity index (χ0) is 55.6. The van der Waals surface area contributed by atoms with Gasteiger partial charge in [0.2, 0.25) is 0 Å². The fourth-order valence-electron chi connectivity index (χ4n) is 14.5. The summed E-state index contributed by atoms with van der Waals surface area (Å²) in [4.78, 5) is 0. The summed E-state index contributed by atoms with van der Waals surface area (Å²) in [5.74, 6) is 0.532. The number of benzene rings is 12. The van der Waals surface area contributed by atoms with E-state index in [2.05, 4.69) is 303 Å². The van der Waals surface area contributed by atoms with Crippen molar-refractivity contribution in [3.63, 3.8) is 0 Å². The zero-order valence-corrected chi connectivity index (χ0v) is 46.8. The third kappa shape index (κ3) is 8.45. The highest BCUT2D eigenvalue weighted by atomic mass is 16.3. The van der Waals surface area contributed by atoms with Crippen LogP contribution in [0.15, 0.2) is 313 Å². The fraction of sp³-hybridized carbons (Fsp3) is 0.0843. The van der Waals surface area contributed by atoms with Crippen LogP contribution in [0.5, 0.6) is 0 Å². The Morgan fingerprint density at radius 1 is 0.393 bits per heavy atom. The van der Waals surface area contributed by atoms with Crippen molar-refractivity contribution in [1.29, 1.82) is 0 Å². The van der Waals surface area contributed by atoms with Gasteiger partial charge < -0.3 is 4.42 Å². The number of para-hydroxylation sites is 1. The summed E-state index contributed by atoms with van der Waals surface area (Å²) in [5.41, 5.74) is 29.5. The Kier molecular flexibility index (Phi) is 12.3. The smallest absolute Gasteiger partial charge is 0.143 e. The van der Waals surface area contributed by atoms with Gasteiger partial charge >= 0.3 is 0 Å². The van der Waals surface area contributed by atoms with Gasteiger partial charge in [0.1, 0.15) is 11.2 Å². The first-order valence-corrected chi connectivity index (χ1v) is 29.9. The standard InChI is InChI=1S/C83H60O/c1-4-17-56(18-5-1)57-33-31-55(32-34-57)51-76(62-37-35-58(36-38-62)64-43-44-66-53-77(60-19-6-2-7-20-60)70-23-10-11-24-71(70)78(66)52-64)63-41-39-61(40-42-63)69-27-16-28-75-74-50-47-65(54-81(74)84-82(69)75)59-45-48-68(49-46-59)83(67-21-8-3-9-22-67)79-29-14-12-25-72(79)73-26-13-15-30-80(73)83/h1,3-6,8-50,52,54,76-77H,2,7,51,53H2. The van der Waals surface area contributed by atoms with Gasteiger partial charge in [-0.1, -0.05) is 285 Å². The second-order valence-electron chi connectivity index (χ2n) is 23.2. The Labute approximate surface area is 492 Å². The molecule has 398 valence electrons. The van der Waals surface area contributed by atoms with Gasteiger partial charge in [-0.25, -0.2) is 0 Å². The van der Waals surface area contributed by atoms with Crippen molar-refractivity contribution < 1.29 is 4.42 Å². The van der Waals surface area contributed by atoms with Gasteiger partial charge in [0.25, 0.3) is 0 Å². The minimum Gasteiger partial charge on any atom is -0.455 e. The van der Waals surface area contributed by atoms with Crippen LogP contribution in [0.3, 0.4) is 0 Å². The van der Waals surface area contributed by atoms with Gasteiger partial charge in [-0.2, -0.15) is 0 Å². The van der Waals surface area contributed by atoms with E-state index in [1.807, 2.05) is 0 Å². The van der Waals surface area contributed by atoms with Crippen molar-refractivity contribution in [3.05, 3.63) is 359 Å². The van der Waals surface area contributed by atoms with Gasteiger partial charge in [0, 0.05) is 28.2 Å². The first-order chi connectivity index (χ1) is 41.6. The molecule has 0 fully saturated rings. The first-order valence-electron chi connectivity index (χ1n) is 29.9. The van der Waals surface area contributed by atoms with Crippen LogP contribution in [0.25, 0.3) is 88.7 Å². The Balaban J connectivity index is 0.710. The highest BCUT2D eigenvalue weighted by Crippen LogP contribution is 2.56. The molecule has 0 amide bonds. The average molecular weight is 1070 g/mol. The highest BCUT2D eigenvalue weighted by molar-refractivity contribution is 6.10. The highest BCUT2D eigenvalue weighted by Gasteiger charge is 2.45. The molecule has 12 aromatic carbocycles. The number of hydrogen-bond acceptors (Lipinski definition) is 1. The summed E-state index contributed by atoms with van der Waals surface area (Å²) in [6, 6.07) is 106. The predicted octanol–water partition coefficient (Wildman–Crippen LogP) is 21.6. The predicted molar refractivity (Wildman–Crippen MR) is 350 cm³/mol. The molecule has 0 saturated carbocycles. The van der Waals surface area contributed by atoms with Gasteiger partial charge in [-0.3, -0.25) is 0 Å². The minimum atomic E-state index is -0.431. The van der Waals surface area contributed by atoms with Crippen molar-refractivity contribution in [2.24, 2.45) is 0 Å². The monoisotopic (exact) mass is 1070 g/mol. The Morgan fingerprint density at radius 2 is 0.940 bits per heavy atom.